The number of halogens is 3. The minimum absolute atomic E-state index is 0. The van der Waals surface area contributed by atoms with Crippen LogP contribution in [-0.2, 0) is 6.54 Å². The molecule has 0 amide bonds. The van der Waals surface area contributed by atoms with Crippen LogP contribution in [0.5, 0.6) is 0 Å². The molecule has 1 aliphatic rings. The normalized spacial score (nSPS) is 17.2. The lowest BCUT2D eigenvalue weighted by molar-refractivity contribution is 0.506. The highest BCUT2D eigenvalue weighted by Crippen LogP contribution is 2.41. The lowest BCUT2D eigenvalue weighted by Gasteiger charge is -2.08. The highest BCUT2D eigenvalue weighted by Gasteiger charge is 2.38. The zero-order chi connectivity index (χ0) is 20.5. The summed E-state index contributed by atoms with van der Waals surface area (Å²) in [5.41, 5.74) is 4.83. The van der Waals surface area contributed by atoms with Crippen molar-refractivity contribution >= 4 is 12.4 Å². The molecule has 4 aromatic rings. The van der Waals surface area contributed by atoms with Crippen molar-refractivity contribution in [1.82, 2.24) is 20.3 Å². The van der Waals surface area contributed by atoms with E-state index in [0.29, 0.717) is 6.54 Å². The second-order valence-electron chi connectivity index (χ2n) is 7.54. The summed E-state index contributed by atoms with van der Waals surface area (Å²) in [5, 5.41) is 12.0. The molecule has 2 atom stereocenters. The summed E-state index contributed by atoms with van der Waals surface area (Å²) >= 11 is 0. The number of benzene rings is 3. The van der Waals surface area contributed by atoms with Crippen LogP contribution in [0.1, 0.15) is 23.6 Å². The third-order valence-corrected chi connectivity index (χ3v) is 5.48. The average Bonchev–Trinajstić information content (AvgIpc) is 3.41. The van der Waals surface area contributed by atoms with Gasteiger partial charge in [0.15, 0.2) is 11.6 Å². The van der Waals surface area contributed by atoms with Gasteiger partial charge in [-0.15, -0.1) is 17.5 Å². The fourth-order valence-corrected chi connectivity index (χ4v) is 3.80. The molecular weight excluding hydrogens is 418 g/mol. The molecule has 3 aromatic carbocycles. The maximum absolute atomic E-state index is 13.4. The van der Waals surface area contributed by atoms with Crippen molar-refractivity contribution in [3.05, 3.63) is 102 Å². The Hall–Kier alpha value is -3.09. The standard InChI is InChI=1S/C24H20F2N4.ClH/c25-21-11-10-17(12-22(21)26)20-13-23(20)27-14-18-15-30(29-28-18)24-9-5-4-8-19(24)16-6-2-1-3-7-16;/h1-12,15,20,23,27H,13-14H2;1H/t20-,23+;/m0./s1. The maximum atomic E-state index is 13.4. The average molecular weight is 439 g/mol. The summed E-state index contributed by atoms with van der Waals surface area (Å²) in [5.74, 6) is -1.40. The summed E-state index contributed by atoms with van der Waals surface area (Å²) in [6.07, 6.45) is 2.82. The second-order valence-corrected chi connectivity index (χ2v) is 7.54. The van der Waals surface area contributed by atoms with E-state index >= 15 is 0 Å². The molecule has 1 N–H and O–H groups in total. The Morgan fingerprint density at radius 3 is 2.52 bits per heavy atom. The van der Waals surface area contributed by atoms with Gasteiger partial charge in [-0.1, -0.05) is 59.8 Å². The van der Waals surface area contributed by atoms with E-state index in [4.69, 9.17) is 0 Å². The van der Waals surface area contributed by atoms with Crippen LogP contribution in [0.15, 0.2) is 79.0 Å². The fraction of sp³-hybridized carbons (Fsp3) is 0.167. The van der Waals surface area contributed by atoms with Gasteiger partial charge in [0.2, 0.25) is 0 Å². The first-order valence-corrected chi connectivity index (χ1v) is 9.93. The Labute approximate surface area is 185 Å². The van der Waals surface area contributed by atoms with Crippen molar-refractivity contribution in [2.75, 3.05) is 0 Å². The van der Waals surface area contributed by atoms with Crippen LogP contribution in [0, 0.1) is 11.6 Å². The molecule has 0 unspecified atom stereocenters. The fourth-order valence-electron chi connectivity index (χ4n) is 3.80. The van der Waals surface area contributed by atoms with Crippen molar-refractivity contribution in [1.29, 1.82) is 0 Å². The highest BCUT2D eigenvalue weighted by molar-refractivity contribution is 5.85. The van der Waals surface area contributed by atoms with E-state index in [1.807, 2.05) is 42.6 Å². The van der Waals surface area contributed by atoms with Gasteiger partial charge >= 0.3 is 0 Å². The SMILES string of the molecule is Cl.Fc1ccc([C@@H]2C[C@H]2NCc2cn(-c3ccccc3-c3ccccc3)nn2)cc1F. The van der Waals surface area contributed by atoms with E-state index in [9.17, 15) is 8.78 Å². The molecule has 5 rings (SSSR count). The van der Waals surface area contributed by atoms with Crippen LogP contribution >= 0.6 is 12.4 Å². The number of rotatable bonds is 6. The van der Waals surface area contributed by atoms with Crippen LogP contribution in [0.4, 0.5) is 8.78 Å². The first-order chi connectivity index (χ1) is 14.7. The topological polar surface area (TPSA) is 42.7 Å². The van der Waals surface area contributed by atoms with Gasteiger partial charge in [-0.05, 0) is 35.7 Å². The second kappa shape index (κ2) is 8.96. The Kier molecular flexibility index (Phi) is 6.11. The number of nitrogens with zero attached hydrogens (tertiary/aromatic N) is 3. The zero-order valence-corrected chi connectivity index (χ0v) is 17.4. The Morgan fingerprint density at radius 2 is 1.71 bits per heavy atom. The molecule has 0 spiro atoms. The largest absolute Gasteiger partial charge is 0.308 e. The van der Waals surface area contributed by atoms with Crippen LogP contribution in [0.25, 0.3) is 16.8 Å². The molecule has 0 saturated heterocycles. The van der Waals surface area contributed by atoms with E-state index in [1.54, 1.807) is 10.7 Å². The quantitative estimate of drug-likeness (QED) is 0.445. The number of hydrogen-bond acceptors (Lipinski definition) is 3. The van der Waals surface area contributed by atoms with Crippen LogP contribution in [-0.4, -0.2) is 21.0 Å². The van der Waals surface area contributed by atoms with Gasteiger partial charge in [-0.3, -0.25) is 0 Å². The van der Waals surface area contributed by atoms with E-state index in [0.717, 1.165) is 34.5 Å². The molecule has 0 aliphatic heterocycles. The van der Waals surface area contributed by atoms with Crippen molar-refractivity contribution in [3.8, 4) is 16.8 Å². The van der Waals surface area contributed by atoms with E-state index < -0.39 is 11.6 Å². The minimum Gasteiger partial charge on any atom is -0.308 e. The van der Waals surface area contributed by atoms with Crippen molar-refractivity contribution in [2.24, 2.45) is 0 Å². The van der Waals surface area contributed by atoms with Crippen LogP contribution < -0.4 is 5.32 Å². The minimum atomic E-state index is -0.809. The molecule has 7 heteroatoms. The summed E-state index contributed by atoms with van der Waals surface area (Å²) in [7, 11) is 0. The van der Waals surface area contributed by atoms with Crippen LogP contribution in [0.3, 0.4) is 0 Å². The van der Waals surface area contributed by atoms with E-state index in [2.05, 4.69) is 33.8 Å². The monoisotopic (exact) mass is 438 g/mol. The Morgan fingerprint density at radius 1 is 0.935 bits per heavy atom. The van der Waals surface area contributed by atoms with Gasteiger partial charge in [-0.25, -0.2) is 13.5 Å². The van der Waals surface area contributed by atoms with Gasteiger partial charge in [0.1, 0.15) is 0 Å². The van der Waals surface area contributed by atoms with Gasteiger partial charge in [0.25, 0.3) is 0 Å². The van der Waals surface area contributed by atoms with E-state index in [-0.39, 0.29) is 24.4 Å². The van der Waals surface area contributed by atoms with Crippen molar-refractivity contribution < 1.29 is 8.78 Å². The molecule has 1 fully saturated rings. The smallest absolute Gasteiger partial charge is 0.159 e. The van der Waals surface area contributed by atoms with Gasteiger partial charge in [-0.2, -0.15) is 0 Å². The first-order valence-electron chi connectivity index (χ1n) is 9.93. The number of para-hydroxylation sites is 1. The highest BCUT2D eigenvalue weighted by atomic mass is 35.5. The predicted octanol–water partition coefficient (Wildman–Crippen LogP) is 5.28. The lowest BCUT2D eigenvalue weighted by Crippen LogP contribution is -2.17. The predicted molar refractivity (Wildman–Crippen MR) is 118 cm³/mol. The summed E-state index contributed by atoms with van der Waals surface area (Å²) < 4.78 is 28.4. The third kappa shape index (κ3) is 4.50. The van der Waals surface area contributed by atoms with Gasteiger partial charge in [0, 0.05) is 24.1 Å². The Bertz CT molecular complexity index is 1180. The molecule has 4 nitrogen and oxygen atoms in total. The van der Waals surface area contributed by atoms with Crippen molar-refractivity contribution in [3.63, 3.8) is 0 Å². The molecule has 1 saturated carbocycles. The molecule has 1 aromatic heterocycles. The van der Waals surface area contributed by atoms with Crippen molar-refractivity contribution in [2.45, 2.75) is 24.9 Å². The molecular formula is C24H21ClF2N4. The lowest BCUT2D eigenvalue weighted by atomic mass is 10.0. The Balaban J connectivity index is 0.00000231. The molecule has 1 heterocycles. The summed E-state index contributed by atoms with van der Waals surface area (Å²) in [6, 6.07) is 22.6. The summed E-state index contributed by atoms with van der Waals surface area (Å²) in [6.45, 7) is 0.568. The molecule has 0 bridgehead atoms. The number of hydrogen-bond donors (Lipinski definition) is 1. The molecule has 0 radical (unpaired) electrons. The molecule has 31 heavy (non-hydrogen) atoms. The van der Waals surface area contributed by atoms with Gasteiger partial charge < -0.3 is 5.32 Å². The zero-order valence-electron chi connectivity index (χ0n) is 16.6. The molecule has 158 valence electrons. The number of aromatic nitrogens is 3. The maximum Gasteiger partial charge on any atom is 0.159 e. The van der Waals surface area contributed by atoms with E-state index in [1.165, 1.54) is 12.1 Å². The van der Waals surface area contributed by atoms with Gasteiger partial charge in [0.05, 0.1) is 17.6 Å². The third-order valence-electron chi connectivity index (χ3n) is 5.48. The first kappa shape index (κ1) is 21.2. The molecule has 1 aliphatic carbocycles. The van der Waals surface area contributed by atoms with Crippen LogP contribution in [0.2, 0.25) is 0 Å². The summed E-state index contributed by atoms with van der Waals surface area (Å²) in [4.78, 5) is 0. The number of nitrogens with one attached hydrogen (secondary N) is 1.